The molecule has 1 unspecified atom stereocenters. The van der Waals surface area contributed by atoms with E-state index in [0.29, 0.717) is 24.4 Å². The monoisotopic (exact) mass is 247 g/mol. The van der Waals surface area contributed by atoms with E-state index < -0.39 is 0 Å². The van der Waals surface area contributed by atoms with E-state index in [2.05, 4.69) is 22.4 Å². The first-order chi connectivity index (χ1) is 8.69. The molecule has 0 saturated carbocycles. The van der Waals surface area contributed by atoms with Gasteiger partial charge >= 0.3 is 0 Å². The Morgan fingerprint density at radius 2 is 2.06 bits per heavy atom. The fourth-order valence-electron chi connectivity index (χ4n) is 1.57. The van der Waals surface area contributed by atoms with E-state index in [-0.39, 0.29) is 0 Å². The molecule has 18 heavy (non-hydrogen) atoms. The van der Waals surface area contributed by atoms with Gasteiger partial charge in [0, 0.05) is 13.0 Å². The molecule has 96 valence electrons. The molecule has 0 amide bonds. The van der Waals surface area contributed by atoms with Crippen molar-refractivity contribution in [2.45, 2.75) is 26.5 Å². The van der Waals surface area contributed by atoms with Gasteiger partial charge in [0.05, 0.1) is 0 Å². The summed E-state index contributed by atoms with van der Waals surface area (Å²) < 4.78 is 10.4. The number of ether oxygens (including phenoxy) is 1. The maximum Gasteiger partial charge on any atom is 0.223 e. The van der Waals surface area contributed by atoms with Crippen LogP contribution in [0.5, 0.6) is 5.75 Å². The first kappa shape index (κ1) is 12.6. The van der Waals surface area contributed by atoms with Gasteiger partial charge in [0.25, 0.3) is 0 Å². The Kier molecular flexibility index (Phi) is 3.94. The third-order valence-corrected chi connectivity index (χ3v) is 2.75. The highest BCUT2D eigenvalue weighted by atomic mass is 16.5. The van der Waals surface area contributed by atoms with Crippen LogP contribution in [0, 0.1) is 6.92 Å². The van der Waals surface area contributed by atoms with Crippen molar-refractivity contribution in [1.29, 1.82) is 0 Å². The molecule has 1 aromatic carbocycles. The molecule has 2 aromatic rings. The van der Waals surface area contributed by atoms with Gasteiger partial charge in [-0.15, -0.1) is 0 Å². The predicted molar refractivity (Wildman–Crippen MR) is 67.3 cm³/mol. The summed E-state index contributed by atoms with van der Waals surface area (Å²) in [5.41, 5.74) is 1.22. The van der Waals surface area contributed by atoms with Crippen LogP contribution in [-0.4, -0.2) is 17.2 Å². The molecule has 0 radical (unpaired) electrons. The minimum Gasteiger partial charge on any atom is -0.485 e. The largest absolute Gasteiger partial charge is 0.485 e. The molecule has 1 N–H and O–H groups in total. The van der Waals surface area contributed by atoms with Crippen molar-refractivity contribution in [3.8, 4) is 5.75 Å². The number of nitrogens with one attached hydrogen (secondary N) is 1. The summed E-state index contributed by atoms with van der Waals surface area (Å²) in [5.74, 6) is 1.90. The zero-order valence-corrected chi connectivity index (χ0v) is 10.8. The number of aryl methyl sites for hydroxylation is 1. The van der Waals surface area contributed by atoms with Gasteiger partial charge in [-0.05, 0) is 31.7 Å². The zero-order chi connectivity index (χ0) is 13.0. The second kappa shape index (κ2) is 5.64. The number of nitrogens with zero attached hydrogens (tertiary/aromatic N) is 2. The standard InChI is InChI=1S/C13H17N3O2/c1-9(14-3)11-4-6-12(7-5-11)17-8-13-15-10(2)18-16-13/h4-7,9,14H,8H2,1-3H3. The molecule has 0 aliphatic rings. The Labute approximate surface area is 106 Å². The van der Waals surface area contributed by atoms with Crippen molar-refractivity contribution in [1.82, 2.24) is 15.5 Å². The number of aromatic nitrogens is 2. The lowest BCUT2D eigenvalue weighted by Gasteiger charge is -2.11. The number of hydrogen-bond acceptors (Lipinski definition) is 5. The molecule has 1 heterocycles. The molecule has 0 saturated heterocycles. The van der Waals surface area contributed by atoms with Gasteiger partial charge in [-0.1, -0.05) is 17.3 Å². The lowest BCUT2D eigenvalue weighted by Crippen LogP contribution is -2.11. The van der Waals surface area contributed by atoms with Crippen LogP contribution in [0.4, 0.5) is 0 Å². The second-order valence-electron chi connectivity index (χ2n) is 4.10. The van der Waals surface area contributed by atoms with Crippen LogP contribution in [0.2, 0.25) is 0 Å². The molecule has 1 atom stereocenters. The van der Waals surface area contributed by atoms with Crippen LogP contribution in [0.1, 0.15) is 30.2 Å². The third-order valence-electron chi connectivity index (χ3n) is 2.75. The molecule has 5 heteroatoms. The summed E-state index contributed by atoms with van der Waals surface area (Å²) in [6.45, 7) is 4.18. The van der Waals surface area contributed by atoms with Crippen LogP contribution in [0.15, 0.2) is 28.8 Å². The van der Waals surface area contributed by atoms with Gasteiger partial charge in [-0.2, -0.15) is 4.98 Å². The molecule has 0 spiro atoms. The lowest BCUT2D eigenvalue weighted by atomic mass is 10.1. The Morgan fingerprint density at radius 1 is 1.33 bits per heavy atom. The number of hydrogen-bond donors (Lipinski definition) is 1. The summed E-state index contributed by atoms with van der Waals surface area (Å²) in [4.78, 5) is 4.07. The summed E-state index contributed by atoms with van der Waals surface area (Å²) in [7, 11) is 1.94. The van der Waals surface area contributed by atoms with E-state index in [1.165, 1.54) is 5.56 Å². The van der Waals surface area contributed by atoms with Crippen LogP contribution in [-0.2, 0) is 6.61 Å². The van der Waals surface area contributed by atoms with Crippen molar-refractivity contribution in [3.05, 3.63) is 41.5 Å². The number of rotatable bonds is 5. The molecule has 5 nitrogen and oxygen atoms in total. The van der Waals surface area contributed by atoms with Gasteiger partial charge in [-0.3, -0.25) is 0 Å². The van der Waals surface area contributed by atoms with E-state index in [0.717, 1.165) is 5.75 Å². The Morgan fingerprint density at radius 3 is 2.61 bits per heavy atom. The van der Waals surface area contributed by atoms with Gasteiger partial charge in [0.15, 0.2) is 6.61 Å². The molecule has 1 aromatic heterocycles. The van der Waals surface area contributed by atoms with Crippen molar-refractivity contribution in [2.24, 2.45) is 0 Å². The Bertz CT molecular complexity index is 493. The predicted octanol–water partition coefficient (Wildman–Crippen LogP) is 2.24. The Hall–Kier alpha value is -1.88. The second-order valence-corrected chi connectivity index (χ2v) is 4.10. The molecule has 0 aliphatic heterocycles. The van der Waals surface area contributed by atoms with Gasteiger partial charge < -0.3 is 14.6 Å². The normalized spacial score (nSPS) is 12.4. The number of benzene rings is 1. The third kappa shape index (κ3) is 3.07. The van der Waals surface area contributed by atoms with E-state index >= 15 is 0 Å². The maximum absolute atomic E-state index is 5.57. The molecule has 0 aliphatic carbocycles. The van der Waals surface area contributed by atoms with Crippen molar-refractivity contribution in [3.63, 3.8) is 0 Å². The average Bonchev–Trinajstić information content (AvgIpc) is 2.82. The van der Waals surface area contributed by atoms with Crippen LogP contribution >= 0.6 is 0 Å². The fourth-order valence-corrected chi connectivity index (χ4v) is 1.57. The first-order valence-electron chi connectivity index (χ1n) is 5.88. The van der Waals surface area contributed by atoms with E-state index in [9.17, 15) is 0 Å². The minimum atomic E-state index is 0.318. The summed E-state index contributed by atoms with van der Waals surface area (Å²) in [5, 5.41) is 6.96. The SMILES string of the molecule is CNC(C)c1ccc(OCc2noc(C)n2)cc1. The fraction of sp³-hybridized carbons (Fsp3) is 0.385. The molecular formula is C13H17N3O2. The highest BCUT2D eigenvalue weighted by molar-refractivity contribution is 5.28. The Balaban J connectivity index is 1.94. The van der Waals surface area contributed by atoms with Crippen LogP contribution < -0.4 is 10.1 Å². The lowest BCUT2D eigenvalue weighted by molar-refractivity contribution is 0.285. The smallest absolute Gasteiger partial charge is 0.223 e. The first-order valence-corrected chi connectivity index (χ1v) is 5.88. The van der Waals surface area contributed by atoms with E-state index in [1.54, 1.807) is 6.92 Å². The van der Waals surface area contributed by atoms with E-state index in [1.807, 2.05) is 31.3 Å². The van der Waals surface area contributed by atoms with Gasteiger partial charge in [0.1, 0.15) is 5.75 Å². The van der Waals surface area contributed by atoms with Crippen molar-refractivity contribution >= 4 is 0 Å². The molecule has 0 bridgehead atoms. The summed E-state index contributed by atoms with van der Waals surface area (Å²) in [6.07, 6.45) is 0. The molecule has 2 rings (SSSR count). The highest BCUT2D eigenvalue weighted by Gasteiger charge is 2.05. The van der Waals surface area contributed by atoms with E-state index in [4.69, 9.17) is 9.26 Å². The highest BCUT2D eigenvalue weighted by Crippen LogP contribution is 2.17. The molecule has 0 fully saturated rings. The topological polar surface area (TPSA) is 60.2 Å². The zero-order valence-electron chi connectivity index (χ0n) is 10.8. The van der Waals surface area contributed by atoms with Gasteiger partial charge in [-0.25, -0.2) is 0 Å². The minimum absolute atomic E-state index is 0.318. The average molecular weight is 247 g/mol. The van der Waals surface area contributed by atoms with Crippen molar-refractivity contribution in [2.75, 3.05) is 7.05 Å². The quantitative estimate of drug-likeness (QED) is 0.878. The molecular weight excluding hydrogens is 230 g/mol. The van der Waals surface area contributed by atoms with Crippen molar-refractivity contribution < 1.29 is 9.26 Å². The van der Waals surface area contributed by atoms with Crippen LogP contribution in [0.3, 0.4) is 0 Å². The maximum atomic E-state index is 5.57. The van der Waals surface area contributed by atoms with Crippen LogP contribution in [0.25, 0.3) is 0 Å². The van der Waals surface area contributed by atoms with Gasteiger partial charge in [0.2, 0.25) is 11.7 Å². The summed E-state index contributed by atoms with van der Waals surface area (Å²) >= 11 is 0. The summed E-state index contributed by atoms with van der Waals surface area (Å²) in [6, 6.07) is 8.29.